The molecule has 2 aromatic carbocycles. The number of halogens is 1. The van der Waals surface area contributed by atoms with Crippen molar-refractivity contribution in [1.82, 2.24) is 0 Å². The van der Waals surface area contributed by atoms with Crippen LogP contribution in [0.25, 0.3) is 0 Å². The van der Waals surface area contributed by atoms with Crippen molar-refractivity contribution in [3.63, 3.8) is 0 Å². The summed E-state index contributed by atoms with van der Waals surface area (Å²) in [4.78, 5) is 27.1. The van der Waals surface area contributed by atoms with Gasteiger partial charge in [-0.1, -0.05) is 22.0 Å². The number of hydrogen-bond acceptors (Lipinski definition) is 6. The Morgan fingerprint density at radius 1 is 1.38 bits per heavy atom. The van der Waals surface area contributed by atoms with E-state index in [-0.39, 0.29) is 24.5 Å². The van der Waals surface area contributed by atoms with Gasteiger partial charge < -0.3 is 19.7 Å². The van der Waals surface area contributed by atoms with E-state index in [1.54, 1.807) is 31.2 Å². The molecule has 29 heavy (non-hydrogen) atoms. The summed E-state index contributed by atoms with van der Waals surface area (Å²) in [6, 6.07) is 8.41. The van der Waals surface area contributed by atoms with Crippen LogP contribution in [-0.2, 0) is 26.2 Å². The highest BCUT2D eigenvalue weighted by atomic mass is 79.9. The molecule has 1 amide bonds. The second-order valence-electron chi connectivity index (χ2n) is 6.97. The van der Waals surface area contributed by atoms with Crippen molar-refractivity contribution in [2.45, 2.75) is 18.8 Å². The van der Waals surface area contributed by atoms with Crippen molar-refractivity contribution in [2.75, 3.05) is 31.3 Å². The molecule has 4 rings (SSSR count). The quantitative estimate of drug-likeness (QED) is 0.663. The number of nitrogens with zero attached hydrogens (tertiary/aromatic N) is 1. The van der Waals surface area contributed by atoms with Crippen LogP contribution in [0.15, 0.2) is 34.8 Å². The number of aromatic hydroxyl groups is 1. The van der Waals surface area contributed by atoms with Crippen molar-refractivity contribution in [2.24, 2.45) is 0 Å². The molecule has 2 N–H and O–H groups in total. The molecule has 152 valence electrons. The fourth-order valence-electron chi connectivity index (χ4n) is 4.14. The molecule has 0 fully saturated rings. The van der Waals surface area contributed by atoms with E-state index in [9.17, 15) is 19.8 Å². The summed E-state index contributed by atoms with van der Waals surface area (Å²) in [6.45, 7) is 1.52. The highest BCUT2D eigenvalue weighted by molar-refractivity contribution is 9.10. The van der Waals surface area contributed by atoms with E-state index in [4.69, 9.17) is 9.47 Å². The average molecular weight is 462 g/mol. The van der Waals surface area contributed by atoms with Crippen LogP contribution in [0.3, 0.4) is 0 Å². The highest BCUT2D eigenvalue weighted by Crippen LogP contribution is 2.52. The molecule has 2 aromatic rings. The molecule has 0 bridgehead atoms. The Labute approximate surface area is 176 Å². The average Bonchev–Trinajstić information content (AvgIpc) is 3.23. The highest BCUT2D eigenvalue weighted by Gasteiger charge is 2.55. The van der Waals surface area contributed by atoms with Crippen molar-refractivity contribution in [3.8, 4) is 11.5 Å². The van der Waals surface area contributed by atoms with Gasteiger partial charge in [0.15, 0.2) is 0 Å². The van der Waals surface area contributed by atoms with E-state index in [0.717, 1.165) is 5.56 Å². The maximum Gasteiger partial charge on any atom is 0.326 e. The molecule has 0 saturated heterocycles. The van der Waals surface area contributed by atoms with Crippen LogP contribution in [-0.4, -0.2) is 48.5 Å². The third-order valence-corrected chi connectivity index (χ3v) is 6.08. The van der Waals surface area contributed by atoms with E-state index in [1.165, 1.54) is 11.0 Å². The van der Waals surface area contributed by atoms with E-state index < -0.39 is 23.9 Å². The first kappa shape index (κ1) is 19.7. The van der Waals surface area contributed by atoms with Gasteiger partial charge in [0.25, 0.3) is 0 Å². The predicted octanol–water partition coefficient (Wildman–Crippen LogP) is 2.28. The summed E-state index contributed by atoms with van der Waals surface area (Å²) in [6.07, 6.45) is 0.646. The van der Waals surface area contributed by atoms with Crippen molar-refractivity contribution in [3.05, 3.63) is 51.5 Å². The molecule has 0 saturated carbocycles. The second-order valence-corrected chi connectivity index (χ2v) is 7.82. The van der Waals surface area contributed by atoms with Crippen molar-refractivity contribution < 1.29 is 29.3 Å². The lowest BCUT2D eigenvalue weighted by atomic mass is 9.75. The molecule has 2 aliphatic rings. The van der Waals surface area contributed by atoms with Gasteiger partial charge in [-0.15, -0.1) is 0 Å². The zero-order valence-corrected chi connectivity index (χ0v) is 17.4. The van der Waals surface area contributed by atoms with E-state index >= 15 is 0 Å². The van der Waals surface area contributed by atoms with E-state index in [0.29, 0.717) is 34.5 Å². The number of ether oxygens (including phenoxy) is 2. The molecule has 0 spiro atoms. The monoisotopic (exact) mass is 461 g/mol. The SMILES string of the molecule is CCOC(=O)CN1C(=O)C(CO)(c2cc3c(cc2O)OCC3)c2c(Br)cccc21. The van der Waals surface area contributed by atoms with Crippen molar-refractivity contribution in [1.29, 1.82) is 0 Å². The standard InChI is InChI=1S/C21H20BrNO6/c1-2-28-18(26)10-23-15-5-3-4-14(22)19(15)21(11-24,20(23)27)13-8-12-6-7-29-17(12)9-16(13)25/h3-5,8-9,24-25H,2,6-7,10-11H2,1H3. The summed E-state index contributed by atoms with van der Waals surface area (Å²) in [5.74, 6) is -0.621. The zero-order chi connectivity index (χ0) is 20.8. The van der Waals surface area contributed by atoms with Gasteiger partial charge in [0, 0.05) is 28.1 Å². The summed E-state index contributed by atoms with van der Waals surface area (Å²) in [5, 5.41) is 21.3. The van der Waals surface area contributed by atoms with Crippen LogP contribution in [0.2, 0.25) is 0 Å². The Balaban J connectivity index is 1.92. The lowest BCUT2D eigenvalue weighted by Gasteiger charge is -2.29. The largest absolute Gasteiger partial charge is 0.507 e. The number of anilines is 1. The molecule has 2 heterocycles. The van der Waals surface area contributed by atoms with Gasteiger partial charge in [0.1, 0.15) is 23.5 Å². The molecular weight excluding hydrogens is 442 g/mol. The van der Waals surface area contributed by atoms with Crippen LogP contribution < -0.4 is 9.64 Å². The number of carbonyl (C=O) groups excluding carboxylic acids is 2. The Morgan fingerprint density at radius 3 is 2.90 bits per heavy atom. The normalized spacial score (nSPS) is 19.7. The molecule has 0 radical (unpaired) electrons. The van der Waals surface area contributed by atoms with Gasteiger partial charge >= 0.3 is 5.97 Å². The number of aliphatic hydroxyl groups is 1. The van der Waals surface area contributed by atoms with Crippen LogP contribution in [0.1, 0.15) is 23.6 Å². The Kier molecular flexibility index (Phi) is 5.00. The predicted molar refractivity (Wildman–Crippen MR) is 108 cm³/mol. The minimum Gasteiger partial charge on any atom is -0.507 e. The first-order valence-corrected chi connectivity index (χ1v) is 10.1. The number of hydrogen-bond donors (Lipinski definition) is 2. The Morgan fingerprint density at radius 2 is 2.17 bits per heavy atom. The van der Waals surface area contributed by atoms with E-state index in [2.05, 4.69) is 15.9 Å². The summed E-state index contributed by atoms with van der Waals surface area (Å²) < 4.78 is 11.1. The number of fused-ring (bicyclic) bond motifs is 2. The summed E-state index contributed by atoms with van der Waals surface area (Å²) >= 11 is 3.49. The second kappa shape index (κ2) is 7.35. The summed E-state index contributed by atoms with van der Waals surface area (Å²) in [7, 11) is 0. The third kappa shape index (κ3) is 2.89. The van der Waals surface area contributed by atoms with Crippen LogP contribution in [0.4, 0.5) is 5.69 Å². The molecule has 8 heteroatoms. The number of phenols is 1. The number of aliphatic hydroxyl groups excluding tert-OH is 1. The number of phenolic OH excluding ortho intramolecular Hbond substituents is 1. The van der Waals surface area contributed by atoms with Gasteiger partial charge in [0.05, 0.1) is 25.5 Å². The number of rotatable bonds is 5. The van der Waals surface area contributed by atoms with Gasteiger partial charge in [-0.25, -0.2) is 0 Å². The Bertz CT molecular complexity index is 1010. The molecular formula is C21H20BrNO6. The van der Waals surface area contributed by atoms with Crippen LogP contribution >= 0.6 is 15.9 Å². The summed E-state index contributed by atoms with van der Waals surface area (Å²) in [5.41, 5.74) is 0.585. The lowest BCUT2D eigenvalue weighted by molar-refractivity contribution is -0.142. The maximum absolute atomic E-state index is 13.7. The number of carbonyl (C=O) groups is 2. The van der Waals surface area contributed by atoms with Gasteiger partial charge in [0.2, 0.25) is 5.91 Å². The van der Waals surface area contributed by atoms with E-state index in [1.807, 2.05) is 0 Å². The minimum absolute atomic E-state index is 0.146. The van der Waals surface area contributed by atoms with Gasteiger partial charge in [-0.2, -0.15) is 0 Å². The van der Waals surface area contributed by atoms with Gasteiger partial charge in [-0.3, -0.25) is 14.5 Å². The lowest BCUT2D eigenvalue weighted by Crippen LogP contribution is -2.46. The topological polar surface area (TPSA) is 96.3 Å². The molecule has 7 nitrogen and oxygen atoms in total. The Hall–Kier alpha value is -2.58. The number of benzene rings is 2. The maximum atomic E-state index is 13.7. The fraction of sp³-hybridized carbons (Fsp3) is 0.333. The molecule has 2 aliphatic heterocycles. The number of esters is 1. The molecule has 0 aromatic heterocycles. The minimum atomic E-state index is -1.55. The first-order valence-electron chi connectivity index (χ1n) is 9.30. The molecule has 1 unspecified atom stereocenters. The smallest absolute Gasteiger partial charge is 0.326 e. The van der Waals surface area contributed by atoms with Gasteiger partial charge in [-0.05, 0) is 30.7 Å². The molecule has 0 aliphatic carbocycles. The van der Waals surface area contributed by atoms with Crippen LogP contribution in [0, 0.1) is 0 Å². The van der Waals surface area contributed by atoms with Crippen LogP contribution in [0.5, 0.6) is 11.5 Å². The number of amides is 1. The van der Waals surface area contributed by atoms with Crippen molar-refractivity contribution >= 4 is 33.5 Å². The molecule has 1 atom stereocenters. The first-order chi connectivity index (χ1) is 13.9. The fourth-order valence-corrected chi connectivity index (χ4v) is 4.83. The third-order valence-electron chi connectivity index (χ3n) is 5.42. The zero-order valence-electron chi connectivity index (χ0n) is 15.8.